The van der Waals surface area contributed by atoms with Gasteiger partial charge in [0.1, 0.15) is 10.7 Å². The van der Waals surface area contributed by atoms with Crippen LogP contribution in [0.15, 0.2) is 24.3 Å². The largest absolute Gasteiger partial charge is 0.477 e. The summed E-state index contributed by atoms with van der Waals surface area (Å²) < 4.78 is 14.1. The summed E-state index contributed by atoms with van der Waals surface area (Å²) in [6.07, 6.45) is 1.53. The number of carboxylic acid groups (broad SMARTS) is 1. The van der Waals surface area contributed by atoms with Crippen LogP contribution in [0.4, 0.5) is 10.1 Å². The number of carbonyl (C=O) groups excluding carboxylic acids is 1. The van der Waals surface area contributed by atoms with E-state index in [1.807, 2.05) is 20.8 Å². The lowest BCUT2D eigenvalue weighted by atomic mass is 9.91. The van der Waals surface area contributed by atoms with Crippen LogP contribution in [-0.4, -0.2) is 34.2 Å². The number of carbonyl (C=O) groups is 2. The second-order valence-corrected chi connectivity index (χ2v) is 10.4. The minimum atomic E-state index is -1.16. The number of thiophene rings is 1. The number of hydrogen-bond acceptors (Lipinski definition) is 4. The molecule has 0 aliphatic heterocycles. The average Bonchev–Trinajstić information content (AvgIpc) is 3.14. The Morgan fingerprint density at radius 1 is 1.19 bits per heavy atom. The molecule has 5 nitrogen and oxygen atoms in total. The number of aliphatic hydroxyl groups is 1. The number of anilines is 1. The van der Waals surface area contributed by atoms with Gasteiger partial charge < -0.3 is 15.1 Å². The van der Waals surface area contributed by atoms with Crippen molar-refractivity contribution in [3.05, 3.63) is 50.4 Å². The molecular formula is C24H25ClFNO4S. The summed E-state index contributed by atoms with van der Waals surface area (Å²) in [5.41, 5.74) is 0.0361. The van der Waals surface area contributed by atoms with Crippen LogP contribution in [0.3, 0.4) is 0 Å². The summed E-state index contributed by atoms with van der Waals surface area (Å²) in [7, 11) is 0. The maximum atomic E-state index is 14.1. The molecule has 3 rings (SSSR count). The molecule has 1 saturated carbocycles. The Hall–Kier alpha value is -2.40. The first kappa shape index (κ1) is 24.2. The third-order valence-electron chi connectivity index (χ3n) is 5.14. The summed E-state index contributed by atoms with van der Waals surface area (Å²) in [6.45, 7) is 5.85. The molecule has 0 atom stereocenters. The van der Waals surface area contributed by atoms with E-state index in [0.29, 0.717) is 30.6 Å². The Morgan fingerprint density at radius 2 is 1.84 bits per heavy atom. The molecule has 8 heteroatoms. The normalized spacial score (nSPS) is 18.6. The van der Waals surface area contributed by atoms with Crippen LogP contribution >= 0.6 is 22.9 Å². The van der Waals surface area contributed by atoms with Gasteiger partial charge in [-0.2, -0.15) is 0 Å². The van der Waals surface area contributed by atoms with Crippen molar-refractivity contribution in [2.75, 3.05) is 4.90 Å². The summed E-state index contributed by atoms with van der Waals surface area (Å²) in [6, 6.07) is 5.07. The van der Waals surface area contributed by atoms with E-state index < -0.39 is 23.8 Å². The van der Waals surface area contributed by atoms with Crippen molar-refractivity contribution in [2.24, 2.45) is 5.41 Å². The molecule has 170 valence electrons. The Bertz CT molecular complexity index is 1090. The molecule has 1 heterocycles. The number of nitrogens with zero attached hydrogens (tertiary/aromatic N) is 1. The average molecular weight is 478 g/mol. The number of aromatic carboxylic acids is 1. The highest BCUT2D eigenvalue weighted by molar-refractivity contribution is 7.15. The number of amides is 1. The summed E-state index contributed by atoms with van der Waals surface area (Å²) in [5, 5.41) is 19.7. The monoisotopic (exact) mass is 477 g/mol. The van der Waals surface area contributed by atoms with Crippen LogP contribution in [0.5, 0.6) is 0 Å². The summed E-state index contributed by atoms with van der Waals surface area (Å²) in [4.78, 5) is 27.5. The number of aliphatic hydroxyl groups excluding tert-OH is 1. The molecular weight excluding hydrogens is 453 g/mol. The van der Waals surface area contributed by atoms with Gasteiger partial charge in [0.2, 0.25) is 0 Å². The first-order chi connectivity index (χ1) is 15.0. The van der Waals surface area contributed by atoms with Gasteiger partial charge in [-0.3, -0.25) is 4.79 Å². The standard InChI is InChI=1S/C24H25ClFNO4S/c1-24(2,3)11-10-17-13-20(21(32-17)23(30)31)27(15-5-7-16(28)8-6-15)22(29)14-4-9-18(25)19(26)12-14/h4,9,12-13,15-16,28H,5-8H2,1-3H3,(H,30,31)/t15-,16-. The number of benzene rings is 1. The molecule has 0 bridgehead atoms. The topological polar surface area (TPSA) is 77.8 Å². The van der Waals surface area contributed by atoms with Crippen molar-refractivity contribution < 1.29 is 24.2 Å². The number of halogens is 2. The molecule has 1 aromatic carbocycles. The van der Waals surface area contributed by atoms with Gasteiger partial charge in [0.25, 0.3) is 5.91 Å². The Morgan fingerprint density at radius 3 is 2.41 bits per heavy atom. The van der Waals surface area contributed by atoms with E-state index in [1.54, 1.807) is 6.07 Å². The van der Waals surface area contributed by atoms with E-state index in [1.165, 1.54) is 17.0 Å². The summed E-state index contributed by atoms with van der Waals surface area (Å²) >= 11 is 6.78. The highest BCUT2D eigenvalue weighted by Crippen LogP contribution is 2.36. The predicted molar refractivity (Wildman–Crippen MR) is 124 cm³/mol. The zero-order valence-electron chi connectivity index (χ0n) is 18.1. The molecule has 1 amide bonds. The van der Waals surface area contributed by atoms with Crippen LogP contribution in [-0.2, 0) is 0 Å². The third-order valence-corrected chi connectivity index (χ3v) is 6.48. The van der Waals surface area contributed by atoms with Gasteiger partial charge in [-0.05, 0) is 70.7 Å². The van der Waals surface area contributed by atoms with Gasteiger partial charge in [-0.1, -0.05) is 23.4 Å². The zero-order valence-corrected chi connectivity index (χ0v) is 19.7. The molecule has 0 saturated heterocycles. The highest BCUT2D eigenvalue weighted by atomic mass is 35.5. The molecule has 1 aromatic heterocycles. The van der Waals surface area contributed by atoms with E-state index in [2.05, 4.69) is 11.8 Å². The minimum absolute atomic E-state index is 0.00267. The second-order valence-electron chi connectivity index (χ2n) is 8.90. The van der Waals surface area contributed by atoms with Crippen LogP contribution in [0, 0.1) is 23.1 Å². The molecule has 2 N–H and O–H groups in total. The number of rotatable bonds is 4. The quantitative estimate of drug-likeness (QED) is 0.563. The van der Waals surface area contributed by atoms with Crippen molar-refractivity contribution in [3.8, 4) is 11.8 Å². The molecule has 0 spiro atoms. The van der Waals surface area contributed by atoms with Crippen molar-refractivity contribution >= 4 is 40.5 Å². The fourth-order valence-electron chi connectivity index (χ4n) is 3.58. The van der Waals surface area contributed by atoms with E-state index in [0.717, 1.165) is 17.4 Å². The second kappa shape index (κ2) is 9.62. The first-order valence-electron chi connectivity index (χ1n) is 10.3. The van der Waals surface area contributed by atoms with Gasteiger partial charge >= 0.3 is 5.97 Å². The van der Waals surface area contributed by atoms with Gasteiger partial charge in [-0.15, -0.1) is 11.3 Å². The van der Waals surface area contributed by atoms with Gasteiger partial charge in [-0.25, -0.2) is 9.18 Å². The summed E-state index contributed by atoms with van der Waals surface area (Å²) in [5.74, 6) is 3.69. The Kier molecular flexibility index (Phi) is 7.29. The molecule has 1 aliphatic rings. The predicted octanol–water partition coefficient (Wildman–Crippen LogP) is 5.59. The lowest BCUT2D eigenvalue weighted by Gasteiger charge is -2.35. The van der Waals surface area contributed by atoms with E-state index in [-0.39, 0.29) is 32.6 Å². The third kappa shape index (κ3) is 5.69. The molecule has 32 heavy (non-hydrogen) atoms. The smallest absolute Gasteiger partial charge is 0.348 e. The van der Waals surface area contributed by atoms with Crippen LogP contribution in [0.2, 0.25) is 5.02 Å². The minimum Gasteiger partial charge on any atom is -0.477 e. The van der Waals surface area contributed by atoms with E-state index in [9.17, 15) is 24.2 Å². The van der Waals surface area contributed by atoms with E-state index >= 15 is 0 Å². The molecule has 2 aromatic rings. The van der Waals surface area contributed by atoms with Gasteiger partial charge in [0.15, 0.2) is 0 Å². The molecule has 1 fully saturated rings. The van der Waals surface area contributed by atoms with Crippen LogP contribution in [0.1, 0.15) is 71.4 Å². The van der Waals surface area contributed by atoms with Crippen molar-refractivity contribution in [2.45, 2.75) is 58.6 Å². The lowest BCUT2D eigenvalue weighted by molar-refractivity contribution is 0.0702. The fraction of sp³-hybridized carbons (Fsp3) is 0.417. The number of hydrogen-bond donors (Lipinski definition) is 2. The van der Waals surface area contributed by atoms with Crippen molar-refractivity contribution in [1.29, 1.82) is 0 Å². The Labute approximate surface area is 195 Å². The molecule has 0 unspecified atom stereocenters. The molecule has 1 aliphatic carbocycles. The van der Waals surface area contributed by atoms with Crippen molar-refractivity contribution in [1.82, 2.24) is 0 Å². The number of carboxylic acids is 1. The van der Waals surface area contributed by atoms with Crippen molar-refractivity contribution in [3.63, 3.8) is 0 Å². The van der Waals surface area contributed by atoms with Gasteiger partial charge in [0, 0.05) is 17.0 Å². The maximum absolute atomic E-state index is 14.1. The zero-order chi connectivity index (χ0) is 23.6. The fourth-order valence-corrected chi connectivity index (χ4v) is 4.54. The molecule has 0 radical (unpaired) electrons. The van der Waals surface area contributed by atoms with Crippen LogP contribution < -0.4 is 4.90 Å². The highest BCUT2D eigenvalue weighted by Gasteiger charge is 2.34. The van der Waals surface area contributed by atoms with E-state index in [4.69, 9.17) is 11.6 Å². The maximum Gasteiger partial charge on any atom is 0.348 e. The Balaban J connectivity index is 2.11. The van der Waals surface area contributed by atoms with Crippen LogP contribution in [0.25, 0.3) is 0 Å². The first-order valence-corrected chi connectivity index (χ1v) is 11.5. The van der Waals surface area contributed by atoms with Gasteiger partial charge in [0.05, 0.1) is 21.7 Å². The SMILES string of the molecule is CC(C)(C)C#Cc1cc(N(C(=O)c2ccc(Cl)c(F)c2)[C@H]2CC[C@H](O)CC2)c(C(=O)O)s1. The lowest BCUT2D eigenvalue weighted by Crippen LogP contribution is -2.43.